The largest absolute Gasteiger partial charge is 0.370 e. The molecule has 0 unspecified atom stereocenters. The maximum atomic E-state index is 11.5. The third kappa shape index (κ3) is 5.47. The summed E-state index contributed by atoms with van der Waals surface area (Å²) in [6, 6.07) is 7.46. The average Bonchev–Trinajstić information content (AvgIpc) is 2.81. The first-order valence-corrected chi connectivity index (χ1v) is 7.56. The second-order valence-corrected chi connectivity index (χ2v) is 5.35. The van der Waals surface area contributed by atoms with Crippen molar-refractivity contribution >= 4 is 35.8 Å². The van der Waals surface area contributed by atoms with E-state index >= 15 is 0 Å². The summed E-state index contributed by atoms with van der Waals surface area (Å²) in [6.07, 6.45) is 4.95. The molecular formula is C16H25IN4O. The molecule has 1 heterocycles. The van der Waals surface area contributed by atoms with E-state index < -0.39 is 0 Å². The highest BCUT2D eigenvalue weighted by atomic mass is 127. The summed E-state index contributed by atoms with van der Waals surface area (Å²) in [5, 5.41) is 2.61. The summed E-state index contributed by atoms with van der Waals surface area (Å²) in [6.45, 7) is 2.56. The van der Waals surface area contributed by atoms with Crippen LogP contribution in [0.1, 0.15) is 41.6 Å². The Morgan fingerprint density at radius 3 is 2.32 bits per heavy atom. The van der Waals surface area contributed by atoms with Crippen LogP contribution in [0.5, 0.6) is 0 Å². The highest BCUT2D eigenvalue weighted by molar-refractivity contribution is 14.0. The Bertz CT molecular complexity index is 493. The third-order valence-corrected chi connectivity index (χ3v) is 3.80. The lowest BCUT2D eigenvalue weighted by Crippen LogP contribution is -2.38. The molecule has 0 saturated carbocycles. The van der Waals surface area contributed by atoms with Gasteiger partial charge in [0.1, 0.15) is 0 Å². The van der Waals surface area contributed by atoms with Gasteiger partial charge in [-0.3, -0.25) is 4.79 Å². The van der Waals surface area contributed by atoms with Crippen molar-refractivity contribution in [2.24, 2.45) is 10.7 Å². The van der Waals surface area contributed by atoms with E-state index in [1.807, 2.05) is 24.3 Å². The predicted octanol–water partition coefficient (Wildman–Crippen LogP) is 2.35. The van der Waals surface area contributed by atoms with E-state index in [0.717, 1.165) is 18.7 Å². The standard InChI is InChI=1S/C16H24N4O.HI/c1-18-15(21)14-8-6-13(7-9-14)12-19-16(17)20-10-4-2-3-5-11-20;/h6-9H,2-5,10-12H2,1H3,(H2,17,19)(H,18,21);1H. The molecule has 122 valence electrons. The van der Waals surface area contributed by atoms with Crippen LogP contribution in [0, 0.1) is 0 Å². The lowest BCUT2D eigenvalue weighted by atomic mass is 10.1. The number of carbonyl (C=O) groups is 1. The maximum Gasteiger partial charge on any atom is 0.251 e. The normalized spacial score (nSPS) is 15.7. The van der Waals surface area contributed by atoms with Crippen molar-refractivity contribution in [1.82, 2.24) is 10.2 Å². The summed E-state index contributed by atoms with van der Waals surface area (Å²) in [4.78, 5) is 18.1. The van der Waals surface area contributed by atoms with Crippen LogP contribution in [-0.2, 0) is 6.54 Å². The average molecular weight is 416 g/mol. The van der Waals surface area contributed by atoms with Crippen molar-refractivity contribution in [3.63, 3.8) is 0 Å². The Kier molecular flexibility index (Phi) is 8.22. The van der Waals surface area contributed by atoms with Gasteiger partial charge in [0.05, 0.1) is 6.54 Å². The molecular weight excluding hydrogens is 391 g/mol. The molecule has 0 bridgehead atoms. The Morgan fingerprint density at radius 1 is 1.18 bits per heavy atom. The number of likely N-dealkylation sites (tertiary alicyclic amines) is 1. The molecule has 1 aromatic carbocycles. The van der Waals surface area contributed by atoms with E-state index in [9.17, 15) is 4.79 Å². The molecule has 0 spiro atoms. The molecule has 0 aromatic heterocycles. The number of aliphatic imine (C=N–C) groups is 1. The van der Waals surface area contributed by atoms with Crippen LogP contribution in [0.15, 0.2) is 29.3 Å². The number of benzene rings is 1. The van der Waals surface area contributed by atoms with E-state index in [1.54, 1.807) is 7.05 Å². The summed E-state index contributed by atoms with van der Waals surface area (Å²) in [5.74, 6) is 0.557. The first-order chi connectivity index (χ1) is 10.2. The molecule has 0 radical (unpaired) electrons. The van der Waals surface area contributed by atoms with Crippen molar-refractivity contribution in [1.29, 1.82) is 0 Å². The van der Waals surface area contributed by atoms with Gasteiger partial charge in [-0.05, 0) is 30.5 Å². The first kappa shape index (κ1) is 18.7. The number of hydrogen-bond donors (Lipinski definition) is 2. The molecule has 1 fully saturated rings. The zero-order valence-electron chi connectivity index (χ0n) is 13.0. The number of amides is 1. The second kappa shape index (κ2) is 9.66. The molecule has 5 nitrogen and oxygen atoms in total. The number of carbonyl (C=O) groups excluding carboxylic acids is 1. The quantitative estimate of drug-likeness (QED) is 0.452. The van der Waals surface area contributed by atoms with Crippen molar-refractivity contribution in [3.8, 4) is 0 Å². The molecule has 1 amide bonds. The molecule has 1 aliphatic rings. The number of nitrogens with two attached hydrogens (primary N) is 1. The lowest BCUT2D eigenvalue weighted by molar-refractivity contribution is 0.0963. The minimum Gasteiger partial charge on any atom is -0.370 e. The number of nitrogens with zero attached hydrogens (tertiary/aromatic N) is 2. The number of rotatable bonds is 3. The van der Waals surface area contributed by atoms with Gasteiger partial charge in [-0.2, -0.15) is 0 Å². The Balaban J connectivity index is 0.00000242. The highest BCUT2D eigenvalue weighted by Gasteiger charge is 2.10. The number of halogens is 1. The van der Waals surface area contributed by atoms with Crippen LogP contribution in [0.4, 0.5) is 0 Å². The van der Waals surface area contributed by atoms with Gasteiger partial charge in [0.25, 0.3) is 5.91 Å². The molecule has 1 aromatic rings. The van der Waals surface area contributed by atoms with Crippen molar-refractivity contribution in [2.75, 3.05) is 20.1 Å². The SMILES string of the molecule is CNC(=O)c1ccc(CN=C(N)N2CCCCCC2)cc1.I. The van der Waals surface area contributed by atoms with Crippen molar-refractivity contribution in [2.45, 2.75) is 32.2 Å². The van der Waals surface area contributed by atoms with Crippen LogP contribution in [0.2, 0.25) is 0 Å². The minimum atomic E-state index is -0.0749. The number of hydrogen-bond acceptors (Lipinski definition) is 2. The van der Waals surface area contributed by atoms with Crippen LogP contribution >= 0.6 is 24.0 Å². The zero-order valence-corrected chi connectivity index (χ0v) is 15.4. The fourth-order valence-electron chi connectivity index (χ4n) is 2.48. The smallest absolute Gasteiger partial charge is 0.251 e. The molecule has 1 aliphatic heterocycles. The molecule has 0 atom stereocenters. The monoisotopic (exact) mass is 416 g/mol. The summed E-state index contributed by atoms with van der Waals surface area (Å²) < 4.78 is 0. The second-order valence-electron chi connectivity index (χ2n) is 5.35. The fraction of sp³-hybridized carbons (Fsp3) is 0.500. The number of guanidine groups is 1. The Morgan fingerprint density at radius 2 is 1.77 bits per heavy atom. The minimum absolute atomic E-state index is 0. The third-order valence-electron chi connectivity index (χ3n) is 3.80. The van der Waals surface area contributed by atoms with Gasteiger partial charge < -0.3 is 16.0 Å². The zero-order chi connectivity index (χ0) is 15.1. The molecule has 0 aliphatic carbocycles. The first-order valence-electron chi connectivity index (χ1n) is 7.56. The van der Waals surface area contributed by atoms with Gasteiger partial charge in [-0.1, -0.05) is 25.0 Å². The fourth-order valence-corrected chi connectivity index (χ4v) is 2.48. The Labute approximate surface area is 149 Å². The Hall–Kier alpha value is -1.31. The van der Waals surface area contributed by atoms with Crippen molar-refractivity contribution in [3.05, 3.63) is 35.4 Å². The highest BCUT2D eigenvalue weighted by Crippen LogP contribution is 2.10. The van der Waals surface area contributed by atoms with Gasteiger partial charge in [0, 0.05) is 25.7 Å². The van der Waals surface area contributed by atoms with Gasteiger partial charge in [0.15, 0.2) is 5.96 Å². The van der Waals surface area contributed by atoms with Crippen LogP contribution in [0.25, 0.3) is 0 Å². The van der Waals surface area contributed by atoms with Crippen LogP contribution in [-0.4, -0.2) is 36.9 Å². The lowest BCUT2D eigenvalue weighted by Gasteiger charge is -2.21. The van der Waals surface area contributed by atoms with Gasteiger partial charge in [-0.15, -0.1) is 24.0 Å². The number of nitrogens with one attached hydrogen (secondary N) is 1. The predicted molar refractivity (Wildman–Crippen MR) is 101 cm³/mol. The van der Waals surface area contributed by atoms with Gasteiger partial charge in [-0.25, -0.2) is 4.99 Å². The summed E-state index contributed by atoms with van der Waals surface area (Å²) >= 11 is 0. The molecule has 22 heavy (non-hydrogen) atoms. The molecule has 3 N–H and O–H groups in total. The topological polar surface area (TPSA) is 70.7 Å². The van der Waals surface area contributed by atoms with E-state index in [0.29, 0.717) is 18.1 Å². The van der Waals surface area contributed by atoms with Gasteiger partial charge in [0.2, 0.25) is 0 Å². The molecule has 6 heteroatoms. The van der Waals surface area contributed by atoms with E-state index in [4.69, 9.17) is 5.73 Å². The summed E-state index contributed by atoms with van der Waals surface area (Å²) in [5.41, 5.74) is 7.79. The van der Waals surface area contributed by atoms with Crippen LogP contribution in [0.3, 0.4) is 0 Å². The maximum absolute atomic E-state index is 11.5. The van der Waals surface area contributed by atoms with E-state index in [1.165, 1.54) is 25.7 Å². The van der Waals surface area contributed by atoms with Gasteiger partial charge >= 0.3 is 0 Å². The van der Waals surface area contributed by atoms with E-state index in [-0.39, 0.29) is 29.9 Å². The van der Waals surface area contributed by atoms with Crippen LogP contribution < -0.4 is 11.1 Å². The van der Waals surface area contributed by atoms with E-state index in [2.05, 4.69) is 15.2 Å². The molecule has 1 saturated heterocycles. The van der Waals surface area contributed by atoms with Crippen molar-refractivity contribution < 1.29 is 4.79 Å². The summed E-state index contributed by atoms with van der Waals surface area (Å²) in [7, 11) is 1.63. The molecule has 2 rings (SSSR count).